The van der Waals surface area contributed by atoms with E-state index < -0.39 is 16.8 Å². The largest absolute Gasteiger partial charge is 0.381 e. The molecular weight excluding hydrogens is 366 g/mol. The Balaban J connectivity index is 2.48. The average molecular weight is 387 g/mol. The van der Waals surface area contributed by atoms with Gasteiger partial charge in [-0.05, 0) is 26.3 Å². The SMILES string of the molecule is CCOCCSC1=NC(C)=C(C(C)=O)[C@@H](c2cccc([N+](=O)[O-])c2)C1C#N. The number of nitriles is 1. The van der Waals surface area contributed by atoms with Crippen LogP contribution in [0.5, 0.6) is 0 Å². The third kappa shape index (κ3) is 4.81. The molecule has 1 unspecified atom stereocenters. The predicted molar refractivity (Wildman–Crippen MR) is 105 cm³/mol. The smallest absolute Gasteiger partial charge is 0.269 e. The zero-order valence-corrected chi connectivity index (χ0v) is 16.3. The summed E-state index contributed by atoms with van der Waals surface area (Å²) in [5, 5.41) is 21.6. The van der Waals surface area contributed by atoms with Crippen LogP contribution in [0.3, 0.4) is 0 Å². The van der Waals surface area contributed by atoms with Crippen LogP contribution in [-0.4, -0.2) is 34.7 Å². The third-order valence-corrected chi connectivity index (χ3v) is 5.23. The van der Waals surface area contributed by atoms with E-state index >= 15 is 0 Å². The molecule has 1 heterocycles. The number of hydrogen-bond acceptors (Lipinski definition) is 7. The van der Waals surface area contributed by atoms with Gasteiger partial charge in [-0.2, -0.15) is 5.26 Å². The van der Waals surface area contributed by atoms with Crippen molar-refractivity contribution in [2.24, 2.45) is 10.9 Å². The summed E-state index contributed by atoms with van der Waals surface area (Å²) in [6.45, 7) is 6.21. The van der Waals surface area contributed by atoms with Gasteiger partial charge in [0, 0.05) is 41.7 Å². The Hall–Kier alpha value is -2.50. The number of non-ortho nitro benzene ring substituents is 1. The molecule has 1 aromatic carbocycles. The van der Waals surface area contributed by atoms with E-state index in [1.54, 1.807) is 19.1 Å². The number of aliphatic imine (C=N–C) groups is 1. The van der Waals surface area contributed by atoms with Crippen molar-refractivity contribution in [2.45, 2.75) is 26.7 Å². The number of benzene rings is 1. The molecule has 0 aliphatic carbocycles. The lowest BCUT2D eigenvalue weighted by atomic mass is 9.77. The molecule has 0 saturated heterocycles. The number of nitrogens with zero attached hydrogens (tertiary/aromatic N) is 3. The molecule has 0 amide bonds. The van der Waals surface area contributed by atoms with Crippen LogP contribution in [0.2, 0.25) is 0 Å². The summed E-state index contributed by atoms with van der Waals surface area (Å²) in [5.74, 6) is -0.818. The standard InChI is InChI=1S/C19H21N3O4S/c1-4-26-8-9-27-19-16(11-20)18(17(13(3)23)12(2)21-19)14-6-5-7-15(10-14)22(24)25/h5-7,10,16,18H,4,8-9H2,1-3H3/t16?,18-/m0/s1. The molecule has 0 radical (unpaired) electrons. The van der Waals surface area contributed by atoms with Gasteiger partial charge in [-0.25, -0.2) is 4.99 Å². The van der Waals surface area contributed by atoms with Gasteiger partial charge in [-0.3, -0.25) is 14.9 Å². The first-order valence-electron chi connectivity index (χ1n) is 8.55. The van der Waals surface area contributed by atoms with Crippen molar-refractivity contribution >= 4 is 28.3 Å². The highest BCUT2D eigenvalue weighted by molar-refractivity contribution is 8.14. The zero-order valence-electron chi connectivity index (χ0n) is 15.5. The number of carbonyl (C=O) groups is 1. The number of nitro groups is 1. The maximum atomic E-state index is 12.3. The summed E-state index contributed by atoms with van der Waals surface area (Å²) in [7, 11) is 0. The Morgan fingerprint density at radius 2 is 2.22 bits per heavy atom. The Kier molecular flexibility index (Phi) is 7.28. The van der Waals surface area contributed by atoms with Crippen molar-refractivity contribution in [1.29, 1.82) is 5.26 Å². The van der Waals surface area contributed by atoms with Gasteiger partial charge in [0.15, 0.2) is 5.78 Å². The molecule has 8 heteroatoms. The first-order valence-corrected chi connectivity index (χ1v) is 9.54. The van der Waals surface area contributed by atoms with Crippen LogP contribution < -0.4 is 0 Å². The molecule has 2 rings (SSSR count). The molecule has 27 heavy (non-hydrogen) atoms. The van der Waals surface area contributed by atoms with E-state index in [2.05, 4.69) is 11.1 Å². The summed E-state index contributed by atoms with van der Waals surface area (Å²) in [5.41, 5.74) is 1.47. The molecule has 1 aliphatic rings. The molecule has 7 nitrogen and oxygen atoms in total. The summed E-state index contributed by atoms with van der Waals surface area (Å²) in [4.78, 5) is 27.4. The lowest BCUT2D eigenvalue weighted by molar-refractivity contribution is -0.384. The number of rotatable bonds is 7. The number of allylic oxidation sites excluding steroid dienone is 2. The van der Waals surface area contributed by atoms with Crippen molar-refractivity contribution in [2.75, 3.05) is 19.0 Å². The monoisotopic (exact) mass is 387 g/mol. The van der Waals surface area contributed by atoms with Gasteiger partial charge < -0.3 is 4.74 Å². The Labute approximate surface area is 162 Å². The second kappa shape index (κ2) is 9.44. The van der Waals surface area contributed by atoms with Gasteiger partial charge in [-0.1, -0.05) is 12.1 Å². The van der Waals surface area contributed by atoms with Crippen molar-refractivity contribution in [3.63, 3.8) is 0 Å². The molecule has 2 atom stereocenters. The number of thioether (sulfide) groups is 1. The fraction of sp³-hybridized carbons (Fsp3) is 0.421. The first kappa shape index (κ1) is 20.8. The van der Waals surface area contributed by atoms with Gasteiger partial charge in [0.05, 0.1) is 22.6 Å². The molecule has 142 valence electrons. The lowest BCUT2D eigenvalue weighted by Gasteiger charge is -2.29. The van der Waals surface area contributed by atoms with E-state index in [1.807, 2.05) is 6.92 Å². The lowest BCUT2D eigenvalue weighted by Crippen LogP contribution is -2.28. The average Bonchev–Trinajstić information content (AvgIpc) is 2.64. The van der Waals surface area contributed by atoms with Crippen LogP contribution in [0.15, 0.2) is 40.5 Å². The third-order valence-electron chi connectivity index (χ3n) is 4.22. The van der Waals surface area contributed by atoms with E-state index in [4.69, 9.17) is 4.74 Å². The maximum absolute atomic E-state index is 12.3. The van der Waals surface area contributed by atoms with Gasteiger partial charge in [-0.15, -0.1) is 11.8 Å². The maximum Gasteiger partial charge on any atom is 0.269 e. The highest BCUT2D eigenvalue weighted by Crippen LogP contribution is 2.41. The molecule has 0 bridgehead atoms. The number of nitro benzene ring substituents is 1. The van der Waals surface area contributed by atoms with E-state index in [0.717, 1.165) is 0 Å². The topological polar surface area (TPSA) is 106 Å². The van der Waals surface area contributed by atoms with Crippen molar-refractivity contribution < 1.29 is 14.5 Å². The van der Waals surface area contributed by atoms with E-state index in [0.29, 0.717) is 40.8 Å². The minimum atomic E-state index is -0.679. The fourth-order valence-electron chi connectivity index (χ4n) is 3.10. The molecule has 0 saturated carbocycles. The quantitative estimate of drug-likeness (QED) is 0.399. The second-order valence-corrected chi connectivity index (χ2v) is 7.10. The highest BCUT2D eigenvalue weighted by atomic mass is 32.2. The summed E-state index contributed by atoms with van der Waals surface area (Å²) >= 11 is 1.42. The Morgan fingerprint density at radius 1 is 1.48 bits per heavy atom. The Morgan fingerprint density at radius 3 is 2.81 bits per heavy atom. The van der Waals surface area contributed by atoms with Crippen LogP contribution in [-0.2, 0) is 9.53 Å². The molecule has 0 N–H and O–H groups in total. The van der Waals surface area contributed by atoms with E-state index in [1.165, 1.54) is 30.8 Å². The summed E-state index contributed by atoms with van der Waals surface area (Å²) < 4.78 is 5.33. The van der Waals surface area contributed by atoms with Gasteiger partial charge in [0.2, 0.25) is 0 Å². The fourth-order valence-corrected chi connectivity index (χ4v) is 4.08. The molecular formula is C19H21N3O4S. The normalized spacial score (nSPS) is 19.4. The van der Waals surface area contributed by atoms with Gasteiger partial charge in [0.1, 0.15) is 5.92 Å². The minimum Gasteiger partial charge on any atom is -0.381 e. The van der Waals surface area contributed by atoms with Gasteiger partial charge >= 0.3 is 0 Å². The van der Waals surface area contributed by atoms with E-state index in [9.17, 15) is 20.2 Å². The number of Topliss-reactive ketones (excluding diaryl/α,β-unsaturated/α-hetero) is 1. The predicted octanol–water partition coefficient (Wildman–Crippen LogP) is 3.86. The molecule has 1 aromatic rings. The van der Waals surface area contributed by atoms with Crippen molar-refractivity contribution in [1.82, 2.24) is 0 Å². The van der Waals surface area contributed by atoms with Crippen LogP contribution in [0.4, 0.5) is 5.69 Å². The second-order valence-electron chi connectivity index (χ2n) is 5.99. The van der Waals surface area contributed by atoms with Crippen LogP contribution in [0.1, 0.15) is 32.3 Å². The molecule has 0 fully saturated rings. The first-order chi connectivity index (χ1) is 12.9. The molecule has 1 aliphatic heterocycles. The zero-order chi connectivity index (χ0) is 20.0. The number of carbonyl (C=O) groups excluding carboxylic acids is 1. The van der Waals surface area contributed by atoms with Crippen molar-refractivity contribution in [3.05, 3.63) is 51.2 Å². The Bertz CT molecular complexity index is 842. The highest BCUT2D eigenvalue weighted by Gasteiger charge is 2.37. The van der Waals surface area contributed by atoms with Gasteiger partial charge in [0.25, 0.3) is 5.69 Å². The minimum absolute atomic E-state index is 0.0715. The van der Waals surface area contributed by atoms with E-state index in [-0.39, 0.29) is 11.5 Å². The number of hydrogen-bond donors (Lipinski definition) is 0. The number of ketones is 1. The molecule has 0 aromatic heterocycles. The number of ether oxygens (including phenoxy) is 1. The van der Waals surface area contributed by atoms with Crippen LogP contribution in [0.25, 0.3) is 0 Å². The van der Waals surface area contributed by atoms with Crippen LogP contribution in [0, 0.1) is 27.4 Å². The molecule has 0 spiro atoms. The summed E-state index contributed by atoms with van der Waals surface area (Å²) in [6, 6.07) is 8.36. The van der Waals surface area contributed by atoms with Crippen LogP contribution >= 0.6 is 11.8 Å². The summed E-state index contributed by atoms with van der Waals surface area (Å²) in [6.07, 6.45) is 0. The van der Waals surface area contributed by atoms with Crippen molar-refractivity contribution in [3.8, 4) is 6.07 Å².